The van der Waals surface area contributed by atoms with Crippen molar-refractivity contribution in [3.8, 4) is 5.75 Å². The quantitative estimate of drug-likeness (QED) is 0.549. The molecule has 6 nitrogen and oxygen atoms in total. The Morgan fingerprint density at radius 1 is 1.00 bits per heavy atom. The lowest BCUT2D eigenvalue weighted by atomic mass is 10.1. The smallest absolute Gasteiger partial charge is 0.262 e. The first kappa shape index (κ1) is 21.7. The van der Waals surface area contributed by atoms with E-state index in [-0.39, 0.29) is 22.2 Å². The van der Waals surface area contributed by atoms with Gasteiger partial charge in [0.15, 0.2) is 6.61 Å². The average molecular weight is 445 g/mol. The maximum atomic E-state index is 12.7. The van der Waals surface area contributed by atoms with Crippen LogP contribution in [0, 0.1) is 13.8 Å². The molecule has 156 valence electrons. The van der Waals surface area contributed by atoms with Crippen LogP contribution in [0.5, 0.6) is 5.75 Å². The Hall–Kier alpha value is -3.03. The Kier molecular flexibility index (Phi) is 6.64. The van der Waals surface area contributed by atoms with E-state index in [2.05, 4.69) is 10.0 Å². The Bertz CT molecular complexity index is 1180. The third-order valence-electron chi connectivity index (χ3n) is 4.25. The molecule has 0 spiro atoms. The van der Waals surface area contributed by atoms with E-state index < -0.39 is 15.9 Å². The summed E-state index contributed by atoms with van der Waals surface area (Å²) in [6, 6.07) is 18.2. The van der Waals surface area contributed by atoms with Crippen LogP contribution in [0.4, 0.5) is 11.4 Å². The van der Waals surface area contributed by atoms with Crippen LogP contribution in [0.1, 0.15) is 11.1 Å². The minimum Gasteiger partial charge on any atom is -0.483 e. The molecule has 3 rings (SSSR count). The summed E-state index contributed by atoms with van der Waals surface area (Å²) in [4.78, 5) is 12.3. The second-order valence-corrected chi connectivity index (χ2v) is 8.81. The average Bonchev–Trinajstić information content (AvgIpc) is 2.70. The minimum atomic E-state index is -3.88. The van der Waals surface area contributed by atoms with E-state index in [1.54, 1.807) is 36.4 Å². The van der Waals surface area contributed by atoms with E-state index in [1.165, 1.54) is 12.1 Å². The van der Waals surface area contributed by atoms with Crippen molar-refractivity contribution in [1.29, 1.82) is 0 Å². The molecule has 0 aromatic heterocycles. The standard InChI is InChI=1S/C22H21ClN2O4S/c1-15-10-11-16(2)21(12-15)29-14-22(26)24-17-6-5-7-18(13-17)30(27,28)25-20-9-4-3-8-19(20)23/h3-13,25H,14H2,1-2H3,(H,24,26). The van der Waals surface area contributed by atoms with E-state index in [0.717, 1.165) is 11.1 Å². The van der Waals surface area contributed by atoms with Crippen molar-refractivity contribution in [2.75, 3.05) is 16.6 Å². The lowest BCUT2D eigenvalue weighted by Crippen LogP contribution is -2.21. The van der Waals surface area contributed by atoms with Gasteiger partial charge in [0.25, 0.3) is 15.9 Å². The number of halogens is 1. The maximum absolute atomic E-state index is 12.7. The zero-order valence-corrected chi connectivity index (χ0v) is 18.0. The lowest BCUT2D eigenvalue weighted by Gasteiger charge is -2.12. The second-order valence-electron chi connectivity index (χ2n) is 6.72. The number of sulfonamides is 1. The Morgan fingerprint density at radius 2 is 1.77 bits per heavy atom. The number of amides is 1. The number of carbonyl (C=O) groups is 1. The summed E-state index contributed by atoms with van der Waals surface area (Å²) < 4.78 is 33.4. The van der Waals surface area contributed by atoms with Gasteiger partial charge in [0.1, 0.15) is 5.75 Å². The minimum absolute atomic E-state index is 0.00401. The van der Waals surface area contributed by atoms with Gasteiger partial charge in [-0.25, -0.2) is 8.42 Å². The number of aryl methyl sites for hydroxylation is 2. The van der Waals surface area contributed by atoms with Crippen LogP contribution in [0.25, 0.3) is 0 Å². The molecule has 3 aromatic carbocycles. The highest BCUT2D eigenvalue weighted by Gasteiger charge is 2.16. The topological polar surface area (TPSA) is 84.5 Å². The number of hydrogen-bond acceptors (Lipinski definition) is 4. The molecule has 1 amide bonds. The third kappa shape index (κ3) is 5.52. The van der Waals surface area contributed by atoms with Gasteiger partial charge in [0.05, 0.1) is 15.6 Å². The number of rotatable bonds is 7. The van der Waals surface area contributed by atoms with Crippen molar-refractivity contribution in [3.63, 3.8) is 0 Å². The van der Waals surface area contributed by atoms with E-state index in [9.17, 15) is 13.2 Å². The molecule has 0 aliphatic heterocycles. The summed E-state index contributed by atoms with van der Waals surface area (Å²) >= 11 is 6.03. The molecule has 0 aliphatic carbocycles. The Labute approximate surface area is 180 Å². The molecular formula is C22H21ClN2O4S. The fourth-order valence-corrected chi connectivity index (χ4v) is 4.06. The molecule has 3 aromatic rings. The van der Waals surface area contributed by atoms with Gasteiger partial charge in [0.2, 0.25) is 0 Å². The van der Waals surface area contributed by atoms with Gasteiger partial charge in [-0.1, -0.05) is 41.9 Å². The van der Waals surface area contributed by atoms with Crippen molar-refractivity contribution in [3.05, 3.63) is 82.9 Å². The van der Waals surface area contributed by atoms with Crippen LogP contribution in [0.2, 0.25) is 5.02 Å². The molecule has 0 fully saturated rings. The normalized spacial score (nSPS) is 11.0. The molecule has 0 unspecified atom stereocenters. The number of carbonyl (C=O) groups excluding carboxylic acids is 1. The Morgan fingerprint density at radius 3 is 2.53 bits per heavy atom. The summed E-state index contributed by atoms with van der Waals surface area (Å²) in [5.74, 6) is 0.231. The summed E-state index contributed by atoms with van der Waals surface area (Å²) in [7, 11) is -3.88. The van der Waals surface area contributed by atoms with Gasteiger partial charge in [-0.15, -0.1) is 0 Å². The van der Waals surface area contributed by atoms with Crippen LogP contribution in [-0.2, 0) is 14.8 Å². The molecule has 0 atom stereocenters. The third-order valence-corrected chi connectivity index (χ3v) is 5.94. The number of benzene rings is 3. The van der Waals surface area contributed by atoms with E-state index in [4.69, 9.17) is 16.3 Å². The van der Waals surface area contributed by atoms with E-state index in [1.807, 2.05) is 32.0 Å². The van der Waals surface area contributed by atoms with Gasteiger partial charge in [-0.2, -0.15) is 0 Å². The lowest BCUT2D eigenvalue weighted by molar-refractivity contribution is -0.118. The molecule has 0 heterocycles. The first-order valence-corrected chi connectivity index (χ1v) is 11.0. The number of nitrogens with one attached hydrogen (secondary N) is 2. The molecule has 30 heavy (non-hydrogen) atoms. The van der Waals surface area contributed by atoms with E-state index in [0.29, 0.717) is 11.4 Å². The number of anilines is 2. The van der Waals surface area contributed by atoms with Crippen molar-refractivity contribution >= 4 is 38.9 Å². The van der Waals surface area contributed by atoms with Crippen LogP contribution in [0.3, 0.4) is 0 Å². The largest absolute Gasteiger partial charge is 0.483 e. The molecule has 0 aliphatic rings. The van der Waals surface area contributed by atoms with Crippen LogP contribution in [-0.4, -0.2) is 20.9 Å². The second kappa shape index (κ2) is 9.19. The van der Waals surface area contributed by atoms with Gasteiger partial charge in [-0.3, -0.25) is 9.52 Å². The molecule has 0 radical (unpaired) electrons. The van der Waals surface area contributed by atoms with Gasteiger partial charge in [0, 0.05) is 5.69 Å². The zero-order chi connectivity index (χ0) is 21.7. The first-order valence-electron chi connectivity index (χ1n) is 9.12. The van der Waals surface area contributed by atoms with Crippen LogP contribution >= 0.6 is 11.6 Å². The first-order chi connectivity index (χ1) is 14.2. The zero-order valence-electron chi connectivity index (χ0n) is 16.5. The number of para-hydroxylation sites is 1. The highest BCUT2D eigenvalue weighted by atomic mass is 35.5. The summed E-state index contributed by atoms with van der Waals surface area (Å²) in [5, 5.41) is 2.94. The molecule has 0 saturated heterocycles. The van der Waals surface area contributed by atoms with Crippen molar-refractivity contribution < 1.29 is 17.9 Å². The van der Waals surface area contributed by atoms with Gasteiger partial charge in [-0.05, 0) is 61.4 Å². The predicted molar refractivity (Wildman–Crippen MR) is 119 cm³/mol. The van der Waals surface area contributed by atoms with Crippen LogP contribution < -0.4 is 14.8 Å². The molecule has 8 heteroatoms. The Balaban J connectivity index is 1.68. The van der Waals surface area contributed by atoms with Gasteiger partial charge >= 0.3 is 0 Å². The highest BCUT2D eigenvalue weighted by molar-refractivity contribution is 7.92. The SMILES string of the molecule is Cc1ccc(C)c(OCC(=O)Nc2cccc(S(=O)(=O)Nc3ccccc3Cl)c2)c1. The van der Waals surface area contributed by atoms with Crippen molar-refractivity contribution in [2.45, 2.75) is 18.7 Å². The van der Waals surface area contributed by atoms with Crippen LogP contribution in [0.15, 0.2) is 71.6 Å². The fourth-order valence-electron chi connectivity index (χ4n) is 2.69. The monoisotopic (exact) mass is 444 g/mol. The highest BCUT2D eigenvalue weighted by Crippen LogP contribution is 2.25. The fraction of sp³-hybridized carbons (Fsp3) is 0.136. The summed E-state index contributed by atoms with van der Waals surface area (Å²) in [6.07, 6.45) is 0. The molecule has 0 bridgehead atoms. The summed E-state index contributed by atoms with van der Waals surface area (Å²) in [5.41, 5.74) is 2.56. The predicted octanol–water partition coefficient (Wildman–Crippen LogP) is 4.78. The molecular weight excluding hydrogens is 424 g/mol. The van der Waals surface area contributed by atoms with Gasteiger partial charge < -0.3 is 10.1 Å². The number of hydrogen-bond donors (Lipinski definition) is 2. The molecule has 0 saturated carbocycles. The van der Waals surface area contributed by atoms with E-state index >= 15 is 0 Å². The summed E-state index contributed by atoms with van der Waals surface area (Å²) in [6.45, 7) is 3.64. The van der Waals surface area contributed by atoms with Crippen molar-refractivity contribution in [1.82, 2.24) is 0 Å². The molecule has 2 N–H and O–H groups in total. The van der Waals surface area contributed by atoms with Crippen molar-refractivity contribution in [2.24, 2.45) is 0 Å². The number of ether oxygens (including phenoxy) is 1. The maximum Gasteiger partial charge on any atom is 0.262 e.